The summed E-state index contributed by atoms with van der Waals surface area (Å²) in [5.74, 6) is -1.59. The molecule has 21 heavy (non-hydrogen) atoms. The lowest BCUT2D eigenvalue weighted by Gasteiger charge is -2.39. The molecule has 0 aromatic heterocycles. The van der Waals surface area contributed by atoms with Crippen molar-refractivity contribution in [2.24, 2.45) is 17.8 Å². The van der Waals surface area contributed by atoms with Crippen LogP contribution in [0.15, 0.2) is 0 Å². The van der Waals surface area contributed by atoms with Crippen LogP contribution < -0.4 is 0 Å². The van der Waals surface area contributed by atoms with Gasteiger partial charge in [-0.05, 0) is 31.1 Å². The van der Waals surface area contributed by atoms with E-state index in [-0.39, 0.29) is 11.8 Å². The number of amides is 1. The fourth-order valence-corrected chi connectivity index (χ4v) is 3.89. The molecule has 0 heterocycles. The topological polar surface area (TPSA) is 94.9 Å². The third kappa shape index (κ3) is 4.19. The molecule has 118 valence electrons. The first-order chi connectivity index (χ1) is 9.97. The van der Waals surface area contributed by atoms with Crippen LogP contribution >= 0.6 is 0 Å². The molecule has 0 aromatic rings. The van der Waals surface area contributed by atoms with Crippen molar-refractivity contribution in [3.8, 4) is 0 Å². The predicted molar refractivity (Wildman–Crippen MR) is 74.6 cm³/mol. The van der Waals surface area contributed by atoms with Crippen molar-refractivity contribution >= 4 is 17.8 Å². The molecule has 2 fully saturated rings. The lowest BCUT2D eigenvalue weighted by atomic mass is 9.67. The number of hydrogen-bond acceptors (Lipinski definition) is 3. The highest BCUT2D eigenvalue weighted by molar-refractivity contribution is 5.86. The Balaban J connectivity index is 1.99. The number of hydrogen-bond donors (Lipinski definition) is 2. The summed E-state index contributed by atoms with van der Waals surface area (Å²) >= 11 is 0. The number of nitrogens with zero attached hydrogens (tertiary/aromatic N) is 1. The Morgan fingerprint density at radius 3 is 2.00 bits per heavy atom. The van der Waals surface area contributed by atoms with Gasteiger partial charge in [0.25, 0.3) is 0 Å². The number of carbonyl (C=O) groups is 3. The molecule has 0 saturated heterocycles. The van der Waals surface area contributed by atoms with Gasteiger partial charge in [-0.1, -0.05) is 25.7 Å². The van der Waals surface area contributed by atoms with Gasteiger partial charge in [0.2, 0.25) is 5.91 Å². The van der Waals surface area contributed by atoms with Gasteiger partial charge in [0, 0.05) is 5.92 Å². The normalized spacial score (nSPS) is 28.5. The number of carbonyl (C=O) groups excluding carboxylic acids is 1. The van der Waals surface area contributed by atoms with Crippen molar-refractivity contribution < 1.29 is 24.6 Å². The van der Waals surface area contributed by atoms with Gasteiger partial charge in [-0.3, -0.25) is 14.4 Å². The zero-order valence-electron chi connectivity index (χ0n) is 12.2. The molecule has 0 radical (unpaired) electrons. The Hall–Kier alpha value is -1.59. The minimum Gasteiger partial charge on any atom is -0.480 e. The zero-order valence-corrected chi connectivity index (χ0v) is 12.2. The maximum absolute atomic E-state index is 12.4. The summed E-state index contributed by atoms with van der Waals surface area (Å²) in [6.07, 6.45) is 7.41. The summed E-state index contributed by atoms with van der Waals surface area (Å²) in [6, 6.07) is 0. The maximum atomic E-state index is 12.4. The zero-order chi connectivity index (χ0) is 15.4. The Kier molecular flexibility index (Phi) is 5.20. The molecular weight excluding hydrogens is 274 g/mol. The third-order valence-electron chi connectivity index (χ3n) is 4.85. The molecule has 3 unspecified atom stereocenters. The van der Waals surface area contributed by atoms with E-state index in [4.69, 9.17) is 10.2 Å². The van der Waals surface area contributed by atoms with Crippen LogP contribution in [0.5, 0.6) is 0 Å². The summed E-state index contributed by atoms with van der Waals surface area (Å²) in [4.78, 5) is 35.1. The Morgan fingerprint density at radius 2 is 1.43 bits per heavy atom. The van der Waals surface area contributed by atoms with E-state index in [0.29, 0.717) is 11.8 Å². The van der Waals surface area contributed by atoms with Gasteiger partial charge in [0.15, 0.2) is 0 Å². The summed E-state index contributed by atoms with van der Waals surface area (Å²) in [6.45, 7) is -1.06. The fraction of sp³-hybridized carbons (Fsp3) is 0.800. The molecule has 2 rings (SSSR count). The van der Waals surface area contributed by atoms with E-state index in [9.17, 15) is 14.4 Å². The second-order valence-corrected chi connectivity index (χ2v) is 6.30. The summed E-state index contributed by atoms with van der Waals surface area (Å²) in [5.41, 5.74) is 0. The number of carboxylic acid groups (broad SMARTS) is 2. The Labute approximate surface area is 124 Å². The van der Waals surface area contributed by atoms with E-state index >= 15 is 0 Å². The average Bonchev–Trinajstić information content (AvgIpc) is 2.44. The van der Waals surface area contributed by atoms with Crippen LogP contribution in [0.4, 0.5) is 0 Å². The standard InChI is InChI=1S/C15H23NO5/c17-13(18)8-16(9-14(19)20)15(21)12-6-5-10-3-1-2-4-11(10)7-12/h10-12H,1-9H2,(H,17,18)(H,19,20). The first-order valence-corrected chi connectivity index (χ1v) is 7.69. The van der Waals surface area contributed by atoms with E-state index in [1.165, 1.54) is 19.3 Å². The Bertz CT molecular complexity index is 406. The highest BCUT2D eigenvalue weighted by atomic mass is 16.4. The quantitative estimate of drug-likeness (QED) is 0.803. The van der Waals surface area contributed by atoms with Crippen molar-refractivity contribution in [2.45, 2.75) is 44.9 Å². The number of aliphatic carboxylic acids is 2. The van der Waals surface area contributed by atoms with E-state index in [1.54, 1.807) is 0 Å². The van der Waals surface area contributed by atoms with E-state index in [1.807, 2.05) is 0 Å². The average molecular weight is 297 g/mol. The summed E-state index contributed by atoms with van der Waals surface area (Å²) in [7, 11) is 0. The van der Waals surface area contributed by atoms with Crippen LogP contribution in [-0.4, -0.2) is 46.0 Å². The molecule has 0 aromatic carbocycles. The van der Waals surface area contributed by atoms with E-state index in [0.717, 1.165) is 30.6 Å². The van der Waals surface area contributed by atoms with Gasteiger partial charge < -0.3 is 15.1 Å². The predicted octanol–water partition coefficient (Wildman–Crippen LogP) is 1.59. The minimum atomic E-state index is -1.17. The van der Waals surface area contributed by atoms with Gasteiger partial charge in [0.1, 0.15) is 13.1 Å². The monoisotopic (exact) mass is 297 g/mol. The Morgan fingerprint density at radius 1 is 0.857 bits per heavy atom. The fourth-order valence-electron chi connectivity index (χ4n) is 3.89. The second-order valence-electron chi connectivity index (χ2n) is 6.30. The highest BCUT2D eigenvalue weighted by Gasteiger charge is 2.37. The van der Waals surface area contributed by atoms with E-state index in [2.05, 4.69) is 0 Å². The first kappa shape index (κ1) is 15.8. The van der Waals surface area contributed by atoms with Crippen molar-refractivity contribution in [3.63, 3.8) is 0 Å². The van der Waals surface area contributed by atoms with Gasteiger partial charge in [-0.15, -0.1) is 0 Å². The second kappa shape index (κ2) is 6.91. The van der Waals surface area contributed by atoms with Crippen LogP contribution in [0.25, 0.3) is 0 Å². The van der Waals surface area contributed by atoms with Gasteiger partial charge in [-0.2, -0.15) is 0 Å². The van der Waals surface area contributed by atoms with Crippen LogP contribution in [0.2, 0.25) is 0 Å². The van der Waals surface area contributed by atoms with Crippen molar-refractivity contribution in [3.05, 3.63) is 0 Å². The number of carboxylic acids is 2. The van der Waals surface area contributed by atoms with E-state index < -0.39 is 25.0 Å². The van der Waals surface area contributed by atoms with Crippen molar-refractivity contribution in [1.29, 1.82) is 0 Å². The smallest absolute Gasteiger partial charge is 0.323 e. The molecule has 0 bridgehead atoms. The molecular formula is C15H23NO5. The summed E-state index contributed by atoms with van der Waals surface area (Å²) < 4.78 is 0. The van der Waals surface area contributed by atoms with Gasteiger partial charge in [0.05, 0.1) is 0 Å². The molecule has 0 spiro atoms. The maximum Gasteiger partial charge on any atom is 0.323 e. The molecule has 2 saturated carbocycles. The first-order valence-electron chi connectivity index (χ1n) is 7.69. The molecule has 0 aliphatic heterocycles. The highest BCUT2D eigenvalue weighted by Crippen LogP contribution is 2.43. The van der Waals surface area contributed by atoms with Gasteiger partial charge >= 0.3 is 11.9 Å². The summed E-state index contributed by atoms with van der Waals surface area (Å²) in [5, 5.41) is 17.7. The molecule has 1 amide bonds. The molecule has 3 atom stereocenters. The third-order valence-corrected chi connectivity index (χ3v) is 4.85. The molecule has 6 heteroatoms. The van der Waals surface area contributed by atoms with Gasteiger partial charge in [-0.25, -0.2) is 0 Å². The number of fused-ring (bicyclic) bond motifs is 1. The lowest BCUT2D eigenvalue weighted by Crippen LogP contribution is -2.44. The molecule has 2 aliphatic rings. The molecule has 2 N–H and O–H groups in total. The number of rotatable bonds is 5. The SMILES string of the molecule is O=C(O)CN(CC(=O)O)C(=O)C1CCC2CCCCC2C1. The largest absolute Gasteiger partial charge is 0.480 e. The van der Waals surface area contributed by atoms with Crippen molar-refractivity contribution in [2.75, 3.05) is 13.1 Å². The lowest BCUT2D eigenvalue weighted by molar-refractivity contribution is -0.152. The van der Waals surface area contributed by atoms with Crippen molar-refractivity contribution in [1.82, 2.24) is 4.90 Å². The van der Waals surface area contributed by atoms with Crippen LogP contribution in [0.3, 0.4) is 0 Å². The molecule has 6 nitrogen and oxygen atoms in total. The molecule has 2 aliphatic carbocycles. The van der Waals surface area contributed by atoms with Crippen LogP contribution in [-0.2, 0) is 14.4 Å². The van der Waals surface area contributed by atoms with Crippen LogP contribution in [0.1, 0.15) is 44.9 Å². The van der Waals surface area contributed by atoms with Crippen LogP contribution in [0, 0.1) is 17.8 Å². The minimum absolute atomic E-state index is 0.206.